The van der Waals surface area contributed by atoms with E-state index in [0.29, 0.717) is 18.9 Å². The van der Waals surface area contributed by atoms with Gasteiger partial charge in [0.15, 0.2) is 0 Å². The third kappa shape index (κ3) is 2.82. The zero-order valence-corrected chi connectivity index (χ0v) is 12.1. The molecule has 0 bridgehead atoms. The lowest BCUT2D eigenvalue weighted by molar-refractivity contribution is -0.148. The van der Waals surface area contributed by atoms with Gasteiger partial charge in [-0.2, -0.15) is 0 Å². The first kappa shape index (κ1) is 14.1. The predicted octanol–water partition coefficient (Wildman–Crippen LogP) is 1.15. The Balaban J connectivity index is 2.20. The highest BCUT2D eigenvalue weighted by atomic mass is 79.9. The topological polar surface area (TPSA) is 80.6 Å². The lowest BCUT2D eigenvalue weighted by Crippen LogP contribution is -2.57. The van der Waals surface area contributed by atoms with Crippen molar-refractivity contribution in [3.8, 4) is 0 Å². The molecule has 0 atom stereocenters. The van der Waals surface area contributed by atoms with Crippen LogP contribution in [0.1, 0.15) is 23.3 Å². The second-order valence-electron chi connectivity index (χ2n) is 4.61. The lowest BCUT2D eigenvalue weighted by atomic mass is 9.90. The highest BCUT2D eigenvalue weighted by Gasteiger charge is 2.42. The van der Waals surface area contributed by atoms with Crippen LogP contribution in [0.25, 0.3) is 0 Å². The van der Waals surface area contributed by atoms with Crippen molar-refractivity contribution >= 4 is 27.8 Å². The number of carboxylic acid groups (broad SMARTS) is 1. The second kappa shape index (κ2) is 5.34. The molecule has 1 saturated heterocycles. The Labute approximate surface area is 118 Å². The van der Waals surface area contributed by atoms with Crippen molar-refractivity contribution in [1.29, 1.82) is 0 Å². The maximum absolute atomic E-state index is 12.2. The van der Waals surface area contributed by atoms with E-state index in [1.165, 1.54) is 0 Å². The zero-order valence-electron chi connectivity index (χ0n) is 10.5. The first-order chi connectivity index (χ1) is 8.94. The summed E-state index contributed by atoms with van der Waals surface area (Å²) < 4.78 is 7.58. The molecule has 19 heavy (non-hydrogen) atoms. The summed E-state index contributed by atoms with van der Waals surface area (Å²) in [6.07, 6.45) is 2.30. The normalized spacial score (nSPS) is 18.0. The molecule has 1 aliphatic rings. The van der Waals surface area contributed by atoms with Gasteiger partial charge < -0.3 is 19.7 Å². The van der Waals surface area contributed by atoms with E-state index in [-0.39, 0.29) is 12.8 Å². The highest BCUT2D eigenvalue weighted by molar-refractivity contribution is 9.10. The Hall–Kier alpha value is -1.34. The molecule has 7 heteroatoms. The monoisotopic (exact) mass is 330 g/mol. The van der Waals surface area contributed by atoms with E-state index in [4.69, 9.17) is 4.74 Å². The van der Waals surface area contributed by atoms with Gasteiger partial charge in [-0.05, 0) is 22.0 Å². The Kier molecular flexibility index (Phi) is 3.96. The van der Waals surface area contributed by atoms with E-state index in [9.17, 15) is 14.7 Å². The molecular formula is C12H15BrN2O4. The summed E-state index contributed by atoms with van der Waals surface area (Å²) >= 11 is 3.28. The molecule has 1 amide bonds. The van der Waals surface area contributed by atoms with Crippen molar-refractivity contribution < 1.29 is 19.4 Å². The van der Waals surface area contributed by atoms with Crippen LogP contribution in [0.4, 0.5) is 0 Å². The Bertz CT molecular complexity index is 506. The highest BCUT2D eigenvalue weighted by Crippen LogP contribution is 2.22. The van der Waals surface area contributed by atoms with Gasteiger partial charge in [0.05, 0.1) is 0 Å². The molecule has 1 fully saturated rings. The summed E-state index contributed by atoms with van der Waals surface area (Å²) in [5.41, 5.74) is -0.814. The van der Waals surface area contributed by atoms with Gasteiger partial charge in [-0.1, -0.05) is 0 Å². The number of hydrogen-bond acceptors (Lipinski definition) is 3. The maximum atomic E-state index is 12.2. The molecule has 2 heterocycles. The molecule has 0 aliphatic carbocycles. The average Bonchev–Trinajstić information content (AvgIpc) is 2.69. The number of aliphatic carboxylic acids is 1. The van der Waals surface area contributed by atoms with Crippen molar-refractivity contribution in [2.45, 2.75) is 18.4 Å². The third-order valence-electron chi connectivity index (χ3n) is 3.31. The standard InChI is InChI=1S/C12H15BrN2O4/c1-15-7-8(13)6-9(15)10(16)14-12(11(17)18)2-4-19-5-3-12/h6-7H,2-5H2,1H3,(H,14,16)(H,17,18). The van der Waals surface area contributed by atoms with Crippen LogP contribution in [0.3, 0.4) is 0 Å². The van der Waals surface area contributed by atoms with Gasteiger partial charge >= 0.3 is 5.97 Å². The van der Waals surface area contributed by atoms with Crippen molar-refractivity contribution in [2.75, 3.05) is 13.2 Å². The Morgan fingerprint density at radius 1 is 1.47 bits per heavy atom. The fraction of sp³-hybridized carbons (Fsp3) is 0.500. The van der Waals surface area contributed by atoms with E-state index in [1.807, 2.05) is 0 Å². The van der Waals surface area contributed by atoms with Crippen LogP contribution in [-0.4, -0.2) is 40.3 Å². The average molecular weight is 331 g/mol. The number of carbonyl (C=O) groups is 2. The van der Waals surface area contributed by atoms with Crippen LogP contribution in [0.15, 0.2) is 16.7 Å². The number of rotatable bonds is 3. The fourth-order valence-electron chi connectivity index (χ4n) is 2.14. The number of nitrogens with one attached hydrogen (secondary N) is 1. The summed E-state index contributed by atoms with van der Waals surface area (Å²) in [6, 6.07) is 1.66. The van der Waals surface area contributed by atoms with E-state index < -0.39 is 17.4 Å². The van der Waals surface area contributed by atoms with E-state index in [2.05, 4.69) is 21.2 Å². The van der Waals surface area contributed by atoms with Crippen LogP contribution in [0, 0.1) is 0 Å². The summed E-state index contributed by atoms with van der Waals surface area (Å²) in [5.74, 6) is -1.41. The SMILES string of the molecule is Cn1cc(Br)cc1C(=O)NC1(C(=O)O)CCOCC1. The van der Waals surface area contributed by atoms with Crippen molar-refractivity contribution in [2.24, 2.45) is 7.05 Å². The third-order valence-corrected chi connectivity index (χ3v) is 3.75. The van der Waals surface area contributed by atoms with Gasteiger partial charge in [0.1, 0.15) is 11.2 Å². The molecule has 0 aromatic carbocycles. The molecule has 1 aromatic rings. The number of hydrogen-bond donors (Lipinski definition) is 2. The summed E-state index contributed by atoms with van der Waals surface area (Å²) in [7, 11) is 1.73. The number of nitrogens with zero attached hydrogens (tertiary/aromatic N) is 1. The predicted molar refractivity (Wildman–Crippen MR) is 71.0 cm³/mol. The number of halogens is 1. The first-order valence-electron chi connectivity index (χ1n) is 5.90. The van der Waals surface area contributed by atoms with Crippen LogP contribution in [-0.2, 0) is 16.6 Å². The van der Waals surface area contributed by atoms with E-state index in [1.54, 1.807) is 23.9 Å². The molecule has 2 rings (SSSR count). The summed E-state index contributed by atoms with van der Waals surface area (Å²) in [4.78, 5) is 23.6. The van der Waals surface area contributed by atoms with Crippen LogP contribution < -0.4 is 5.32 Å². The van der Waals surface area contributed by atoms with Gasteiger partial charge in [0.25, 0.3) is 5.91 Å². The number of aromatic nitrogens is 1. The minimum atomic E-state index is -1.23. The molecular weight excluding hydrogens is 316 g/mol. The summed E-state index contributed by atoms with van der Waals surface area (Å²) in [5, 5.41) is 12.0. The molecule has 0 radical (unpaired) electrons. The molecule has 0 saturated carbocycles. The molecule has 104 valence electrons. The number of amides is 1. The quantitative estimate of drug-likeness (QED) is 0.871. The largest absolute Gasteiger partial charge is 0.480 e. The van der Waals surface area contributed by atoms with Crippen molar-refractivity contribution in [3.63, 3.8) is 0 Å². The Morgan fingerprint density at radius 2 is 2.11 bits per heavy atom. The van der Waals surface area contributed by atoms with Gasteiger partial charge in [-0.25, -0.2) is 4.79 Å². The van der Waals surface area contributed by atoms with Crippen molar-refractivity contribution in [3.05, 3.63) is 22.4 Å². The Morgan fingerprint density at radius 3 is 2.58 bits per heavy atom. The molecule has 1 aromatic heterocycles. The van der Waals surface area contributed by atoms with Gasteiger partial charge in [-0.3, -0.25) is 4.79 Å². The number of aryl methyl sites for hydroxylation is 1. The molecule has 1 aliphatic heterocycles. The molecule has 6 nitrogen and oxygen atoms in total. The van der Waals surface area contributed by atoms with Crippen LogP contribution in [0.5, 0.6) is 0 Å². The van der Waals surface area contributed by atoms with Crippen LogP contribution in [0.2, 0.25) is 0 Å². The summed E-state index contributed by atoms with van der Waals surface area (Å²) in [6.45, 7) is 0.673. The second-order valence-corrected chi connectivity index (χ2v) is 5.52. The molecule has 0 spiro atoms. The lowest BCUT2D eigenvalue weighted by Gasteiger charge is -2.33. The minimum Gasteiger partial charge on any atom is -0.480 e. The van der Waals surface area contributed by atoms with Gasteiger partial charge in [0.2, 0.25) is 0 Å². The maximum Gasteiger partial charge on any atom is 0.329 e. The van der Waals surface area contributed by atoms with E-state index in [0.717, 1.165) is 4.47 Å². The number of ether oxygens (including phenoxy) is 1. The smallest absolute Gasteiger partial charge is 0.329 e. The zero-order chi connectivity index (χ0) is 14.0. The molecule has 0 unspecified atom stereocenters. The van der Waals surface area contributed by atoms with Crippen LogP contribution >= 0.6 is 15.9 Å². The van der Waals surface area contributed by atoms with Gasteiger partial charge in [-0.15, -0.1) is 0 Å². The van der Waals surface area contributed by atoms with E-state index >= 15 is 0 Å². The fourth-order valence-corrected chi connectivity index (χ4v) is 2.67. The number of carbonyl (C=O) groups excluding carboxylic acids is 1. The van der Waals surface area contributed by atoms with Crippen molar-refractivity contribution in [1.82, 2.24) is 9.88 Å². The minimum absolute atomic E-state index is 0.277. The first-order valence-corrected chi connectivity index (χ1v) is 6.69. The van der Waals surface area contributed by atoms with Gasteiger partial charge in [0, 0.05) is 43.8 Å². The number of carboxylic acids is 1. The molecule has 2 N–H and O–H groups in total.